The summed E-state index contributed by atoms with van der Waals surface area (Å²) in [5.74, 6) is -0.580. The predicted octanol–water partition coefficient (Wildman–Crippen LogP) is 1.46. The van der Waals surface area contributed by atoms with E-state index < -0.39 is 16.0 Å². The topological polar surface area (TPSA) is 82.3 Å². The zero-order chi connectivity index (χ0) is 11.3. The minimum atomic E-state index is -4.06. The molecule has 7 heteroatoms. The van der Waals surface area contributed by atoms with E-state index in [0.29, 0.717) is 5.69 Å². The molecular weight excluding hydrogens is 218 g/mol. The molecule has 0 saturated carbocycles. The molecule has 0 aliphatic carbocycles. The molecule has 0 bridgehead atoms. The highest BCUT2D eigenvalue weighted by atomic mass is 32.2. The fraction of sp³-hybridized carbons (Fsp3) is 0.250. The Morgan fingerprint density at radius 2 is 1.93 bits per heavy atom. The summed E-state index contributed by atoms with van der Waals surface area (Å²) in [5.41, 5.74) is 0.611. The van der Waals surface area contributed by atoms with Crippen LogP contribution in [0.3, 0.4) is 0 Å². The second-order valence-electron chi connectivity index (χ2n) is 2.89. The lowest BCUT2D eigenvalue weighted by Gasteiger charge is -2.07. The van der Waals surface area contributed by atoms with Crippen molar-refractivity contribution in [3.05, 3.63) is 30.3 Å². The summed E-state index contributed by atoms with van der Waals surface area (Å²) in [4.78, 5) is 0. The fourth-order valence-electron chi connectivity index (χ4n) is 0.885. The van der Waals surface area contributed by atoms with Crippen LogP contribution in [-0.2, 0) is 10.1 Å². The molecule has 0 fully saturated rings. The van der Waals surface area contributed by atoms with E-state index in [0.717, 1.165) is 5.01 Å². The molecule has 0 heterocycles. The molecule has 1 rings (SSSR count). The standard InChI is InChI=1S/C8H11N3O3S/c1-11(7-15(12,13)14)10-9-8-5-3-2-4-6-8/h2-6H,7H2,1H3,(H,12,13,14). The Hall–Kier alpha value is -1.47. The number of nitrogens with zero attached hydrogens (tertiary/aromatic N) is 3. The third kappa shape index (κ3) is 5.08. The third-order valence-electron chi connectivity index (χ3n) is 1.42. The van der Waals surface area contributed by atoms with E-state index >= 15 is 0 Å². The van der Waals surface area contributed by atoms with E-state index in [2.05, 4.69) is 10.3 Å². The summed E-state index contributed by atoms with van der Waals surface area (Å²) in [6.45, 7) is 0. The summed E-state index contributed by atoms with van der Waals surface area (Å²) >= 11 is 0. The molecule has 0 aromatic heterocycles. The first kappa shape index (κ1) is 11.6. The Kier molecular flexibility index (Phi) is 3.75. The number of benzene rings is 1. The van der Waals surface area contributed by atoms with Crippen molar-refractivity contribution in [2.75, 3.05) is 12.9 Å². The summed E-state index contributed by atoms with van der Waals surface area (Å²) in [5, 5.41) is 8.39. The number of hydrogen-bond acceptors (Lipinski definition) is 4. The highest BCUT2D eigenvalue weighted by molar-refractivity contribution is 7.85. The van der Waals surface area contributed by atoms with Crippen molar-refractivity contribution in [3.8, 4) is 0 Å². The van der Waals surface area contributed by atoms with Gasteiger partial charge in [0.25, 0.3) is 10.1 Å². The van der Waals surface area contributed by atoms with Crippen LogP contribution in [0.25, 0.3) is 0 Å². The third-order valence-corrected chi connectivity index (χ3v) is 2.12. The van der Waals surface area contributed by atoms with Gasteiger partial charge in [0.05, 0.1) is 5.69 Å². The summed E-state index contributed by atoms with van der Waals surface area (Å²) < 4.78 is 29.4. The zero-order valence-electron chi connectivity index (χ0n) is 8.11. The lowest BCUT2D eigenvalue weighted by molar-refractivity contribution is 0.360. The first-order valence-electron chi connectivity index (χ1n) is 4.10. The van der Waals surface area contributed by atoms with Gasteiger partial charge < -0.3 is 0 Å². The van der Waals surface area contributed by atoms with Gasteiger partial charge >= 0.3 is 0 Å². The van der Waals surface area contributed by atoms with Crippen molar-refractivity contribution < 1.29 is 13.0 Å². The van der Waals surface area contributed by atoms with Crippen LogP contribution >= 0.6 is 0 Å². The van der Waals surface area contributed by atoms with Crippen molar-refractivity contribution in [2.24, 2.45) is 10.3 Å². The normalized spacial score (nSPS) is 11.9. The molecule has 82 valence electrons. The van der Waals surface area contributed by atoms with Crippen molar-refractivity contribution >= 4 is 15.8 Å². The summed E-state index contributed by atoms with van der Waals surface area (Å²) in [7, 11) is -2.65. The molecule has 0 spiro atoms. The Morgan fingerprint density at radius 3 is 2.47 bits per heavy atom. The number of rotatable bonds is 4. The molecule has 0 radical (unpaired) electrons. The molecule has 1 aromatic rings. The highest BCUT2D eigenvalue weighted by Gasteiger charge is 2.07. The van der Waals surface area contributed by atoms with Crippen molar-refractivity contribution in [3.63, 3.8) is 0 Å². The largest absolute Gasteiger partial charge is 0.285 e. The molecule has 0 unspecified atom stereocenters. The van der Waals surface area contributed by atoms with Gasteiger partial charge in [-0.05, 0) is 12.1 Å². The molecule has 0 atom stereocenters. The second kappa shape index (κ2) is 4.85. The van der Waals surface area contributed by atoms with Crippen LogP contribution in [-0.4, -0.2) is 30.9 Å². The van der Waals surface area contributed by atoms with E-state index in [1.807, 2.05) is 6.07 Å². The van der Waals surface area contributed by atoms with Gasteiger partial charge in [-0.3, -0.25) is 9.56 Å². The van der Waals surface area contributed by atoms with Crippen LogP contribution in [0.15, 0.2) is 40.7 Å². The van der Waals surface area contributed by atoms with Gasteiger partial charge in [0.1, 0.15) is 0 Å². The number of hydrogen-bond donors (Lipinski definition) is 1. The lowest BCUT2D eigenvalue weighted by atomic mass is 10.3. The monoisotopic (exact) mass is 229 g/mol. The van der Waals surface area contributed by atoms with Gasteiger partial charge in [-0.15, -0.1) is 5.11 Å². The maximum atomic E-state index is 10.5. The first-order chi connectivity index (χ1) is 6.97. The average molecular weight is 229 g/mol. The van der Waals surface area contributed by atoms with Crippen molar-refractivity contribution in [1.82, 2.24) is 5.01 Å². The van der Waals surface area contributed by atoms with E-state index in [4.69, 9.17) is 4.55 Å². The molecule has 0 saturated heterocycles. The van der Waals surface area contributed by atoms with E-state index in [1.54, 1.807) is 24.3 Å². The van der Waals surface area contributed by atoms with Gasteiger partial charge in [0.2, 0.25) is 0 Å². The highest BCUT2D eigenvalue weighted by Crippen LogP contribution is 2.10. The molecule has 0 amide bonds. The van der Waals surface area contributed by atoms with E-state index in [9.17, 15) is 8.42 Å². The fourth-order valence-corrected chi connectivity index (χ4v) is 1.41. The second-order valence-corrected chi connectivity index (χ2v) is 4.32. The lowest BCUT2D eigenvalue weighted by Crippen LogP contribution is -2.19. The predicted molar refractivity (Wildman–Crippen MR) is 55.1 cm³/mol. The first-order valence-corrected chi connectivity index (χ1v) is 5.71. The Bertz CT molecular complexity index is 430. The van der Waals surface area contributed by atoms with Crippen LogP contribution in [0.4, 0.5) is 5.69 Å². The van der Waals surface area contributed by atoms with Gasteiger partial charge in [0.15, 0.2) is 5.88 Å². The molecule has 0 aliphatic rings. The summed E-state index contributed by atoms with van der Waals surface area (Å²) in [6.07, 6.45) is 0. The van der Waals surface area contributed by atoms with Crippen molar-refractivity contribution in [2.45, 2.75) is 0 Å². The maximum Gasteiger partial charge on any atom is 0.285 e. The van der Waals surface area contributed by atoms with E-state index in [-0.39, 0.29) is 0 Å². The summed E-state index contributed by atoms with van der Waals surface area (Å²) in [6, 6.07) is 8.87. The molecule has 15 heavy (non-hydrogen) atoms. The van der Waals surface area contributed by atoms with Crippen molar-refractivity contribution in [1.29, 1.82) is 0 Å². The van der Waals surface area contributed by atoms with Crippen LogP contribution in [0.2, 0.25) is 0 Å². The quantitative estimate of drug-likeness (QED) is 0.481. The average Bonchev–Trinajstić information content (AvgIpc) is 2.14. The Labute approximate surface area is 88.0 Å². The smallest absolute Gasteiger partial charge is 0.284 e. The van der Waals surface area contributed by atoms with Crippen LogP contribution in [0.5, 0.6) is 0 Å². The van der Waals surface area contributed by atoms with Gasteiger partial charge in [-0.1, -0.05) is 23.4 Å². The van der Waals surface area contributed by atoms with Crippen LogP contribution < -0.4 is 0 Å². The Balaban J connectivity index is 2.59. The molecule has 1 N–H and O–H groups in total. The molecule has 1 aromatic carbocycles. The minimum Gasteiger partial charge on any atom is -0.284 e. The van der Waals surface area contributed by atoms with Crippen LogP contribution in [0, 0.1) is 0 Å². The maximum absolute atomic E-state index is 10.5. The molecule has 0 aliphatic heterocycles. The minimum absolute atomic E-state index is 0.580. The molecule has 6 nitrogen and oxygen atoms in total. The van der Waals surface area contributed by atoms with Gasteiger partial charge in [0, 0.05) is 7.05 Å². The SMILES string of the molecule is CN(CS(=O)(=O)O)N=Nc1ccccc1. The van der Waals surface area contributed by atoms with Gasteiger partial charge in [-0.25, -0.2) is 0 Å². The zero-order valence-corrected chi connectivity index (χ0v) is 8.92. The van der Waals surface area contributed by atoms with E-state index in [1.165, 1.54) is 7.05 Å². The van der Waals surface area contributed by atoms with Gasteiger partial charge in [-0.2, -0.15) is 8.42 Å². The molecular formula is C8H11N3O3S. The Morgan fingerprint density at radius 1 is 1.33 bits per heavy atom. The van der Waals surface area contributed by atoms with Crippen LogP contribution in [0.1, 0.15) is 0 Å².